The minimum absolute atomic E-state index is 0.0357. The third-order valence-corrected chi connectivity index (χ3v) is 5.82. The molecule has 2 amide bonds. The number of hydrogen-bond acceptors (Lipinski definition) is 4. The second kappa shape index (κ2) is 6.34. The first kappa shape index (κ1) is 16.7. The quantitative estimate of drug-likeness (QED) is 0.746. The number of piperidine rings is 1. The fourth-order valence-corrected chi connectivity index (χ4v) is 4.24. The largest absolute Gasteiger partial charge is 0.355 e. The van der Waals surface area contributed by atoms with Crippen molar-refractivity contribution in [2.24, 2.45) is 0 Å². The van der Waals surface area contributed by atoms with E-state index in [-0.39, 0.29) is 11.8 Å². The van der Waals surface area contributed by atoms with Crippen LogP contribution in [0.1, 0.15) is 28.9 Å². The lowest BCUT2D eigenvalue weighted by molar-refractivity contribution is -0.122. The molecule has 140 valence electrons. The van der Waals surface area contributed by atoms with E-state index in [1.54, 1.807) is 11.0 Å². The van der Waals surface area contributed by atoms with E-state index in [0.29, 0.717) is 37.4 Å². The fourth-order valence-electron chi connectivity index (χ4n) is 4.24. The van der Waals surface area contributed by atoms with Crippen LogP contribution in [-0.4, -0.2) is 35.0 Å². The Morgan fingerprint density at radius 2 is 1.75 bits per heavy atom. The molecule has 1 saturated heterocycles. The highest BCUT2D eigenvalue weighted by Crippen LogP contribution is 2.44. The van der Waals surface area contributed by atoms with Crippen molar-refractivity contribution in [1.29, 1.82) is 0 Å². The molecule has 1 fully saturated rings. The van der Waals surface area contributed by atoms with Gasteiger partial charge in [-0.15, -0.1) is 0 Å². The minimum atomic E-state index is -0.535. The van der Waals surface area contributed by atoms with E-state index in [2.05, 4.69) is 10.5 Å². The van der Waals surface area contributed by atoms with Crippen molar-refractivity contribution in [3.8, 4) is 11.3 Å². The summed E-state index contributed by atoms with van der Waals surface area (Å²) >= 11 is 0. The summed E-state index contributed by atoms with van der Waals surface area (Å²) in [6, 6.07) is 19.1. The van der Waals surface area contributed by atoms with Gasteiger partial charge in [-0.05, 0) is 24.5 Å². The van der Waals surface area contributed by atoms with Crippen molar-refractivity contribution < 1.29 is 14.1 Å². The molecule has 0 aliphatic carbocycles. The summed E-state index contributed by atoms with van der Waals surface area (Å²) in [6.07, 6.45) is 1.20. The summed E-state index contributed by atoms with van der Waals surface area (Å²) < 4.78 is 5.36. The molecule has 0 saturated carbocycles. The van der Waals surface area contributed by atoms with Gasteiger partial charge in [-0.2, -0.15) is 0 Å². The molecule has 6 heteroatoms. The monoisotopic (exact) mass is 373 g/mol. The second-order valence-electron chi connectivity index (χ2n) is 7.32. The molecule has 28 heavy (non-hydrogen) atoms. The summed E-state index contributed by atoms with van der Waals surface area (Å²) in [6.45, 7) is 1.02. The molecule has 1 spiro atoms. The van der Waals surface area contributed by atoms with Gasteiger partial charge < -0.3 is 14.7 Å². The number of rotatable bonds is 2. The highest BCUT2D eigenvalue weighted by atomic mass is 16.5. The fraction of sp³-hybridized carbons (Fsp3) is 0.227. The van der Waals surface area contributed by atoms with Crippen LogP contribution in [0.2, 0.25) is 0 Å². The van der Waals surface area contributed by atoms with Gasteiger partial charge in [0, 0.05) is 30.4 Å². The average Bonchev–Trinajstić information content (AvgIpc) is 3.33. The zero-order valence-corrected chi connectivity index (χ0v) is 15.2. The molecule has 1 N–H and O–H groups in total. The zero-order valence-electron chi connectivity index (χ0n) is 15.2. The van der Waals surface area contributed by atoms with Crippen molar-refractivity contribution in [1.82, 2.24) is 10.1 Å². The standard InChI is InChI=1S/C22H19N3O3/c26-20(18-14-19(28-24-18)15-6-2-1-3-7-15)25-12-10-22(11-13-25)16-8-4-5-9-17(16)23-21(22)27/h1-9,14H,10-13H2,(H,23,27). The van der Waals surface area contributed by atoms with Crippen molar-refractivity contribution >= 4 is 17.5 Å². The number of para-hydroxylation sites is 1. The molecule has 2 aromatic carbocycles. The highest BCUT2D eigenvalue weighted by Gasteiger charge is 2.48. The summed E-state index contributed by atoms with van der Waals surface area (Å²) in [5.74, 6) is 0.447. The van der Waals surface area contributed by atoms with E-state index >= 15 is 0 Å². The van der Waals surface area contributed by atoms with Crippen molar-refractivity contribution in [2.45, 2.75) is 18.3 Å². The van der Waals surface area contributed by atoms with E-state index in [4.69, 9.17) is 4.52 Å². The van der Waals surface area contributed by atoms with Crippen LogP contribution in [0.3, 0.4) is 0 Å². The Labute approximate surface area is 162 Å². The van der Waals surface area contributed by atoms with Crippen molar-refractivity contribution in [3.63, 3.8) is 0 Å². The Hall–Kier alpha value is -3.41. The molecule has 2 aliphatic rings. The van der Waals surface area contributed by atoms with Gasteiger partial charge >= 0.3 is 0 Å². The molecular formula is C22H19N3O3. The molecule has 6 nitrogen and oxygen atoms in total. The Balaban J connectivity index is 1.33. The number of carbonyl (C=O) groups is 2. The summed E-state index contributed by atoms with van der Waals surface area (Å²) in [5.41, 5.74) is 2.57. The lowest BCUT2D eigenvalue weighted by Crippen LogP contribution is -2.48. The summed E-state index contributed by atoms with van der Waals surface area (Å²) in [4.78, 5) is 27.3. The number of aromatic nitrogens is 1. The van der Waals surface area contributed by atoms with Crippen LogP contribution in [-0.2, 0) is 10.2 Å². The number of likely N-dealkylation sites (tertiary alicyclic amines) is 1. The summed E-state index contributed by atoms with van der Waals surface area (Å²) in [7, 11) is 0. The molecule has 5 rings (SSSR count). The second-order valence-corrected chi connectivity index (χ2v) is 7.32. The van der Waals surface area contributed by atoms with Crippen LogP contribution in [0, 0.1) is 0 Å². The van der Waals surface area contributed by atoms with Crippen LogP contribution >= 0.6 is 0 Å². The lowest BCUT2D eigenvalue weighted by Gasteiger charge is -2.37. The Kier molecular flexibility index (Phi) is 3.79. The lowest BCUT2D eigenvalue weighted by atomic mass is 9.73. The number of benzene rings is 2. The van der Waals surface area contributed by atoms with Crippen LogP contribution < -0.4 is 5.32 Å². The number of hydrogen-bond donors (Lipinski definition) is 1. The maximum atomic E-state index is 12.9. The SMILES string of the molecule is O=C(c1cc(-c2ccccc2)on1)N1CCC2(CC1)C(=O)Nc1ccccc12. The van der Waals surface area contributed by atoms with E-state index in [1.165, 1.54) is 0 Å². The van der Waals surface area contributed by atoms with Gasteiger partial charge in [0.15, 0.2) is 11.5 Å². The predicted octanol–water partition coefficient (Wildman–Crippen LogP) is 3.47. The average molecular weight is 373 g/mol. The van der Waals surface area contributed by atoms with Gasteiger partial charge in [0.25, 0.3) is 5.91 Å². The van der Waals surface area contributed by atoms with Gasteiger partial charge in [0.1, 0.15) is 0 Å². The first-order valence-electron chi connectivity index (χ1n) is 9.40. The number of fused-ring (bicyclic) bond motifs is 2. The van der Waals surface area contributed by atoms with Crippen LogP contribution in [0.5, 0.6) is 0 Å². The van der Waals surface area contributed by atoms with Crippen molar-refractivity contribution in [3.05, 3.63) is 71.9 Å². The number of anilines is 1. The predicted molar refractivity (Wildman–Crippen MR) is 104 cm³/mol. The molecule has 1 aromatic heterocycles. The minimum Gasteiger partial charge on any atom is -0.355 e. The van der Waals surface area contributed by atoms with Crippen LogP contribution in [0.15, 0.2) is 65.2 Å². The number of carbonyl (C=O) groups excluding carboxylic acids is 2. The molecule has 3 heterocycles. The topological polar surface area (TPSA) is 75.4 Å². The third-order valence-electron chi connectivity index (χ3n) is 5.82. The normalized spacial score (nSPS) is 17.4. The molecule has 0 unspecified atom stereocenters. The molecule has 0 bridgehead atoms. The van der Waals surface area contributed by atoms with E-state index in [1.807, 2.05) is 54.6 Å². The Bertz CT molecular complexity index is 1050. The zero-order chi connectivity index (χ0) is 19.1. The van der Waals surface area contributed by atoms with E-state index in [0.717, 1.165) is 16.8 Å². The number of amides is 2. The highest BCUT2D eigenvalue weighted by molar-refractivity contribution is 6.06. The van der Waals surface area contributed by atoms with Gasteiger partial charge in [0.2, 0.25) is 5.91 Å². The van der Waals surface area contributed by atoms with Crippen molar-refractivity contribution in [2.75, 3.05) is 18.4 Å². The number of nitrogens with zero attached hydrogens (tertiary/aromatic N) is 2. The third kappa shape index (κ3) is 2.52. The molecule has 2 aliphatic heterocycles. The van der Waals surface area contributed by atoms with E-state index in [9.17, 15) is 9.59 Å². The Morgan fingerprint density at radius 3 is 2.54 bits per heavy atom. The molecule has 3 aromatic rings. The number of nitrogens with one attached hydrogen (secondary N) is 1. The Morgan fingerprint density at radius 1 is 1.04 bits per heavy atom. The maximum absolute atomic E-state index is 12.9. The smallest absolute Gasteiger partial charge is 0.276 e. The van der Waals surface area contributed by atoms with Crippen LogP contribution in [0.25, 0.3) is 11.3 Å². The van der Waals surface area contributed by atoms with E-state index < -0.39 is 5.41 Å². The maximum Gasteiger partial charge on any atom is 0.276 e. The first-order valence-corrected chi connectivity index (χ1v) is 9.40. The summed E-state index contributed by atoms with van der Waals surface area (Å²) in [5, 5.41) is 6.95. The van der Waals surface area contributed by atoms with Crippen LogP contribution in [0.4, 0.5) is 5.69 Å². The van der Waals surface area contributed by atoms with Gasteiger partial charge in [-0.25, -0.2) is 0 Å². The molecule has 0 radical (unpaired) electrons. The van der Waals surface area contributed by atoms with Gasteiger partial charge in [0.05, 0.1) is 5.41 Å². The molecule has 0 atom stereocenters. The van der Waals surface area contributed by atoms with Gasteiger partial charge in [-0.1, -0.05) is 53.7 Å². The first-order chi connectivity index (χ1) is 13.7. The van der Waals surface area contributed by atoms with Gasteiger partial charge in [-0.3, -0.25) is 9.59 Å². The molecular weight excluding hydrogens is 354 g/mol.